The van der Waals surface area contributed by atoms with Crippen molar-refractivity contribution in [3.05, 3.63) is 78.2 Å². The van der Waals surface area contributed by atoms with Crippen molar-refractivity contribution in [2.45, 2.75) is 30.5 Å². The van der Waals surface area contributed by atoms with Crippen LogP contribution in [0.25, 0.3) is 0 Å². The number of hydrogen-bond donors (Lipinski definition) is 2. The van der Waals surface area contributed by atoms with E-state index in [1.807, 2.05) is 19.1 Å². The number of nitrogens with one attached hydrogen (secondary N) is 2. The number of ether oxygens (including phenoxy) is 1. The first kappa shape index (κ1) is 22.3. The molecule has 3 rings (SSSR count). The standard InChI is InChI=1S/C23H22FN3O3S/c1-15(31-21-9-5-19(6-10-21)27-16(2)28)23(29)26-14-17-11-12-25-22(13-17)30-20-7-3-18(24)4-8-20/h3-13,15H,14H2,1-2H3,(H,26,29)(H,27,28). The van der Waals surface area contributed by atoms with Crippen LogP contribution >= 0.6 is 11.8 Å². The van der Waals surface area contributed by atoms with E-state index in [2.05, 4.69) is 15.6 Å². The first-order chi connectivity index (χ1) is 14.9. The molecular weight excluding hydrogens is 417 g/mol. The Balaban J connectivity index is 1.51. The molecular formula is C23H22FN3O3S. The highest BCUT2D eigenvalue weighted by atomic mass is 32.2. The third-order valence-electron chi connectivity index (χ3n) is 4.16. The molecule has 2 N–H and O–H groups in total. The van der Waals surface area contributed by atoms with Gasteiger partial charge in [-0.15, -0.1) is 11.8 Å². The number of thioether (sulfide) groups is 1. The predicted molar refractivity (Wildman–Crippen MR) is 119 cm³/mol. The van der Waals surface area contributed by atoms with Crippen molar-refractivity contribution >= 4 is 29.3 Å². The van der Waals surface area contributed by atoms with Gasteiger partial charge in [0.05, 0.1) is 5.25 Å². The highest BCUT2D eigenvalue weighted by Gasteiger charge is 2.14. The second-order valence-corrected chi connectivity index (χ2v) is 8.16. The van der Waals surface area contributed by atoms with E-state index >= 15 is 0 Å². The van der Waals surface area contributed by atoms with Gasteiger partial charge in [-0.25, -0.2) is 9.37 Å². The number of pyridine rings is 1. The van der Waals surface area contributed by atoms with Crippen LogP contribution in [0.4, 0.5) is 10.1 Å². The molecule has 0 radical (unpaired) electrons. The molecule has 2 amide bonds. The largest absolute Gasteiger partial charge is 0.439 e. The van der Waals surface area contributed by atoms with Gasteiger partial charge in [0.15, 0.2) is 0 Å². The molecule has 1 unspecified atom stereocenters. The highest BCUT2D eigenvalue weighted by molar-refractivity contribution is 8.00. The minimum atomic E-state index is -0.340. The lowest BCUT2D eigenvalue weighted by atomic mass is 10.2. The summed E-state index contributed by atoms with van der Waals surface area (Å²) in [7, 11) is 0. The fourth-order valence-corrected chi connectivity index (χ4v) is 3.54. The molecule has 3 aromatic rings. The highest BCUT2D eigenvalue weighted by Crippen LogP contribution is 2.25. The Hall–Kier alpha value is -3.39. The predicted octanol–water partition coefficient (Wildman–Crippen LogP) is 4.77. The van der Waals surface area contributed by atoms with Gasteiger partial charge in [0, 0.05) is 36.3 Å². The van der Waals surface area contributed by atoms with E-state index in [0.717, 1.165) is 10.5 Å². The molecule has 0 aliphatic rings. The Bertz CT molecular complexity index is 1040. The summed E-state index contributed by atoms with van der Waals surface area (Å²) in [5.74, 6) is 0.265. The fraction of sp³-hybridized carbons (Fsp3) is 0.174. The van der Waals surface area contributed by atoms with Crippen molar-refractivity contribution in [2.75, 3.05) is 5.32 Å². The van der Waals surface area contributed by atoms with Crippen molar-refractivity contribution in [2.24, 2.45) is 0 Å². The maximum Gasteiger partial charge on any atom is 0.233 e. The van der Waals surface area contributed by atoms with E-state index in [4.69, 9.17) is 4.74 Å². The van der Waals surface area contributed by atoms with Crippen LogP contribution in [0.15, 0.2) is 71.8 Å². The second-order valence-electron chi connectivity index (χ2n) is 6.74. The number of anilines is 1. The fourth-order valence-electron chi connectivity index (χ4n) is 2.65. The Morgan fingerprint density at radius 3 is 2.48 bits per heavy atom. The first-order valence-corrected chi connectivity index (χ1v) is 10.5. The lowest BCUT2D eigenvalue weighted by molar-refractivity contribution is -0.120. The lowest BCUT2D eigenvalue weighted by Gasteiger charge is -2.13. The third-order valence-corrected chi connectivity index (χ3v) is 5.27. The summed E-state index contributed by atoms with van der Waals surface area (Å²) in [5, 5.41) is 5.31. The first-order valence-electron chi connectivity index (χ1n) is 9.59. The summed E-state index contributed by atoms with van der Waals surface area (Å²) in [4.78, 5) is 28.6. The zero-order valence-electron chi connectivity index (χ0n) is 17.1. The van der Waals surface area contributed by atoms with E-state index in [9.17, 15) is 14.0 Å². The number of hydrogen-bond acceptors (Lipinski definition) is 5. The molecule has 2 aromatic carbocycles. The number of carbonyl (C=O) groups is 2. The van der Waals surface area contributed by atoms with Gasteiger partial charge in [0.25, 0.3) is 0 Å². The van der Waals surface area contributed by atoms with Gasteiger partial charge in [-0.2, -0.15) is 0 Å². The summed E-state index contributed by atoms with van der Waals surface area (Å²) >= 11 is 1.43. The van der Waals surface area contributed by atoms with Crippen LogP contribution < -0.4 is 15.4 Å². The molecule has 6 nitrogen and oxygen atoms in total. The van der Waals surface area contributed by atoms with E-state index in [1.165, 1.54) is 43.0 Å². The quantitative estimate of drug-likeness (QED) is 0.494. The number of carbonyl (C=O) groups excluding carboxylic acids is 2. The van der Waals surface area contributed by atoms with E-state index in [0.29, 0.717) is 23.9 Å². The Morgan fingerprint density at radius 1 is 1.10 bits per heavy atom. The Kier molecular flexibility index (Phi) is 7.61. The molecule has 31 heavy (non-hydrogen) atoms. The smallest absolute Gasteiger partial charge is 0.233 e. The van der Waals surface area contributed by atoms with E-state index in [1.54, 1.807) is 30.5 Å². The molecule has 8 heteroatoms. The Morgan fingerprint density at radius 2 is 1.81 bits per heavy atom. The molecule has 0 saturated heterocycles. The molecule has 0 aliphatic carbocycles. The van der Waals surface area contributed by atoms with Crippen molar-refractivity contribution in [1.82, 2.24) is 10.3 Å². The summed E-state index contributed by atoms with van der Waals surface area (Å²) in [6.45, 7) is 3.61. The van der Waals surface area contributed by atoms with Crippen LogP contribution in [0.2, 0.25) is 0 Å². The zero-order valence-corrected chi connectivity index (χ0v) is 17.9. The summed E-state index contributed by atoms with van der Waals surface area (Å²) in [5.41, 5.74) is 1.54. The molecule has 160 valence electrons. The third kappa shape index (κ3) is 7.11. The van der Waals surface area contributed by atoms with Gasteiger partial charge >= 0.3 is 0 Å². The number of halogens is 1. The Labute approximate surface area is 184 Å². The minimum Gasteiger partial charge on any atom is -0.439 e. The van der Waals surface area contributed by atoms with Gasteiger partial charge < -0.3 is 15.4 Å². The monoisotopic (exact) mass is 439 g/mol. The number of aromatic nitrogens is 1. The van der Waals surface area contributed by atoms with Crippen molar-refractivity contribution in [3.8, 4) is 11.6 Å². The van der Waals surface area contributed by atoms with Crippen LogP contribution in [0.5, 0.6) is 11.6 Å². The van der Waals surface area contributed by atoms with Gasteiger partial charge in [0.2, 0.25) is 17.7 Å². The molecule has 1 atom stereocenters. The van der Waals surface area contributed by atoms with E-state index in [-0.39, 0.29) is 22.9 Å². The lowest BCUT2D eigenvalue weighted by Crippen LogP contribution is -2.30. The molecule has 0 fully saturated rings. The minimum absolute atomic E-state index is 0.103. The zero-order chi connectivity index (χ0) is 22.2. The SMILES string of the molecule is CC(=O)Nc1ccc(SC(C)C(=O)NCc2ccnc(Oc3ccc(F)cc3)c2)cc1. The molecule has 0 aliphatic heterocycles. The number of amides is 2. The number of rotatable bonds is 8. The molecule has 0 spiro atoms. The van der Waals surface area contributed by atoms with E-state index < -0.39 is 0 Å². The van der Waals surface area contributed by atoms with Crippen LogP contribution in [-0.4, -0.2) is 22.0 Å². The average Bonchev–Trinajstić information content (AvgIpc) is 2.75. The van der Waals surface area contributed by atoms with Gasteiger partial charge in [0.1, 0.15) is 11.6 Å². The van der Waals surface area contributed by atoms with Crippen molar-refractivity contribution in [1.29, 1.82) is 0 Å². The number of nitrogens with zero attached hydrogens (tertiary/aromatic N) is 1. The van der Waals surface area contributed by atoms with Gasteiger partial charge in [-0.1, -0.05) is 0 Å². The molecule has 0 saturated carbocycles. The maximum absolute atomic E-state index is 13.0. The second kappa shape index (κ2) is 10.6. The van der Waals surface area contributed by atoms with Gasteiger partial charge in [-0.05, 0) is 67.1 Å². The van der Waals surface area contributed by atoms with Crippen LogP contribution in [0, 0.1) is 5.82 Å². The average molecular weight is 440 g/mol. The van der Waals surface area contributed by atoms with Gasteiger partial charge in [-0.3, -0.25) is 9.59 Å². The number of benzene rings is 2. The maximum atomic E-state index is 13.0. The topological polar surface area (TPSA) is 80.3 Å². The summed E-state index contributed by atoms with van der Waals surface area (Å²) < 4.78 is 18.6. The summed E-state index contributed by atoms with van der Waals surface area (Å²) in [6.07, 6.45) is 1.59. The van der Waals surface area contributed by atoms with Crippen molar-refractivity contribution in [3.63, 3.8) is 0 Å². The van der Waals surface area contributed by atoms with Crippen LogP contribution in [0.1, 0.15) is 19.4 Å². The van der Waals surface area contributed by atoms with Crippen LogP contribution in [0.3, 0.4) is 0 Å². The molecule has 0 bridgehead atoms. The molecule has 1 aromatic heterocycles. The molecule has 1 heterocycles. The summed E-state index contributed by atoms with van der Waals surface area (Å²) in [6, 6.07) is 16.5. The van der Waals surface area contributed by atoms with Crippen molar-refractivity contribution < 1.29 is 18.7 Å². The normalized spacial score (nSPS) is 11.5. The van der Waals surface area contributed by atoms with Crippen LogP contribution in [-0.2, 0) is 16.1 Å².